The lowest BCUT2D eigenvalue weighted by Crippen LogP contribution is -2.12. The van der Waals surface area contributed by atoms with E-state index in [1.807, 2.05) is 42.5 Å². The van der Waals surface area contributed by atoms with Crippen LogP contribution in [0.2, 0.25) is 10.0 Å². The van der Waals surface area contributed by atoms with Crippen LogP contribution in [0, 0.1) is 0 Å². The minimum absolute atomic E-state index is 0.439. The average molecular weight is 322 g/mol. The first-order valence-electron chi connectivity index (χ1n) is 6.67. The summed E-state index contributed by atoms with van der Waals surface area (Å²) in [5.74, 6) is 0.523. The number of nitrogens with one attached hydrogen (secondary N) is 1. The van der Waals surface area contributed by atoms with Crippen molar-refractivity contribution in [2.45, 2.75) is 13.2 Å². The van der Waals surface area contributed by atoms with Crippen LogP contribution in [0.25, 0.3) is 0 Å². The highest BCUT2D eigenvalue weighted by atomic mass is 35.5. The lowest BCUT2D eigenvalue weighted by atomic mass is 10.2. The third-order valence-corrected chi connectivity index (χ3v) is 3.46. The Morgan fingerprint density at radius 1 is 1.05 bits per heavy atom. The molecule has 2 nitrogen and oxygen atoms in total. The third-order valence-electron chi connectivity index (χ3n) is 2.90. The van der Waals surface area contributed by atoms with Crippen LogP contribution in [0.4, 0.5) is 0 Å². The number of halogens is 2. The van der Waals surface area contributed by atoms with E-state index in [2.05, 4.69) is 11.9 Å². The molecule has 0 bridgehead atoms. The predicted octanol–water partition coefficient (Wildman–Crippen LogP) is 4.85. The van der Waals surface area contributed by atoms with Crippen molar-refractivity contribution >= 4 is 23.2 Å². The van der Waals surface area contributed by atoms with Crippen molar-refractivity contribution < 1.29 is 4.74 Å². The van der Waals surface area contributed by atoms with Gasteiger partial charge in [-0.25, -0.2) is 0 Å². The highest BCUT2D eigenvalue weighted by Crippen LogP contribution is 2.34. The number of hydrogen-bond donors (Lipinski definition) is 1. The molecule has 2 aromatic carbocycles. The van der Waals surface area contributed by atoms with Gasteiger partial charge in [0, 0.05) is 13.1 Å². The summed E-state index contributed by atoms with van der Waals surface area (Å²) >= 11 is 12.5. The standard InChI is InChI=1S/C17H17Cl2NO/c1-2-8-20-11-14-9-15(18)17(16(19)10-14)21-12-13-6-4-3-5-7-13/h2-7,9-10,20H,1,8,11-12H2. The van der Waals surface area contributed by atoms with Crippen LogP contribution in [-0.4, -0.2) is 6.54 Å². The van der Waals surface area contributed by atoms with Crippen LogP contribution in [0.5, 0.6) is 5.75 Å². The topological polar surface area (TPSA) is 21.3 Å². The molecule has 1 N–H and O–H groups in total. The van der Waals surface area contributed by atoms with Crippen LogP contribution in [-0.2, 0) is 13.2 Å². The molecule has 110 valence electrons. The average Bonchev–Trinajstić information content (AvgIpc) is 2.48. The fraction of sp³-hybridized carbons (Fsp3) is 0.176. The van der Waals surface area contributed by atoms with Gasteiger partial charge in [-0.05, 0) is 23.3 Å². The summed E-state index contributed by atoms with van der Waals surface area (Å²) in [6, 6.07) is 13.6. The largest absolute Gasteiger partial charge is 0.486 e. The number of ether oxygens (including phenoxy) is 1. The fourth-order valence-electron chi connectivity index (χ4n) is 1.90. The summed E-state index contributed by atoms with van der Waals surface area (Å²) in [6.07, 6.45) is 1.81. The zero-order valence-corrected chi connectivity index (χ0v) is 13.1. The zero-order valence-electron chi connectivity index (χ0n) is 11.6. The number of rotatable bonds is 7. The lowest BCUT2D eigenvalue weighted by Gasteiger charge is -2.12. The Morgan fingerprint density at radius 2 is 1.71 bits per heavy atom. The third kappa shape index (κ3) is 4.78. The van der Waals surface area contributed by atoms with E-state index < -0.39 is 0 Å². The van der Waals surface area contributed by atoms with Crippen LogP contribution >= 0.6 is 23.2 Å². The number of hydrogen-bond acceptors (Lipinski definition) is 2. The second-order valence-corrected chi connectivity index (χ2v) is 5.40. The molecule has 0 amide bonds. The van der Waals surface area contributed by atoms with E-state index in [0.717, 1.165) is 17.7 Å². The van der Waals surface area contributed by atoms with Crippen LogP contribution in [0.3, 0.4) is 0 Å². The van der Waals surface area contributed by atoms with E-state index in [1.54, 1.807) is 6.08 Å². The molecule has 4 heteroatoms. The van der Waals surface area contributed by atoms with Gasteiger partial charge in [0.05, 0.1) is 10.0 Å². The molecule has 0 saturated carbocycles. The molecule has 0 radical (unpaired) electrons. The Morgan fingerprint density at radius 3 is 2.33 bits per heavy atom. The first-order valence-corrected chi connectivity index (χ1v) is 7.42. The van der Waals surface area contributed by atoms with Crippen LogP contribution in [0.1, 0.15) is 11.1 Å². The van der Waals surface area contributed by atoms with Gasteiger partial charge in [-0.2, -0.15) is 0 Å². The molecule has 0 fully saturated rings. The van der Waals surface area contributed by atoms with Gasteiger partial charge in [0.1, 0.15) is 6.61 Å². The van der Waals surface area contributed by atoms with Crippen molar-refractivity contribution in [1.82, 2.24) is 5.32 Å². The first kappa shape index (κ1) is 15.9. The minimum Gasteiger partial charge on any atom is -0.486 e. The smallest absolute Gasteiger partial charge is 0.156 e. The monoisotopic (exact) mass is 321 g/mol. The van der Waals surface area contributed by atoms with Crippen molar-refractivity contribution in [3.8, 4) is 5.75 Å². The van der Waals surface area contributed by atoms with Gasteiger partial charge in [0.15, 0.2) is 5.75 Å². The summed E-state index contributed by atoms with van der Waals surface area (Å²) in [7, 11) is 0. The van der Waals surface area contributed by atoms with Crippen molar-refractivity contribution in [3.63, 3.8) is 0 Å². The Balaban J connectivity index is 2.04. The van der Waals surface area contributed by atoms with Gasteiger partial charge in [-0.1, -0.05) is 59.6 Å². The maximum atomic E-state index is 6.26. The summed E-state index contributed by atoms with van der Waals surface area (Å²) < 4.78 is 5.73. The highest BCUT2D eigenvalue weighted by Gasteiger charge is 2.10. The van der Waals surface area contributed by atoms with Gasteiger partial charge in [-0.3, -0.25) is 0 Å². The Labute approximate surface area is 135 Å². The van der Waals surface area contributed by atoms with Gasteiger partial charge >= 0.3 is 0 Å². The SMILES string of the molecule is C=CCNCc1cc(Cl)c(OCc2ccccc2)c(Cl)c1. The van der Waals surface area contributed by atoms with Crippen molar-refractivity contribution in [2.75, 3.05) is 6.54 Å². The predicted molar refractivity (Wildman–Crippen MR) is 89.1 cm³/mol. The molecule has 0 unspecified atom stereocenters. The molecule has 0 atom stereocenters. The molecular weight excluding hydrogens is 305 g/mol. The summed E-state index contributed by atoms with van der Waals surface area (Å²) in [6.45, 7) is 5.52. The molecule has 0 spiro atoms. The van der Waals surface area contributed by atoms with Gasteiger partial charge < -0.3 is 10.1 Å². The van der Waals surface area contributed by atoms with E-state index in [0.29, 0.717) is 28.9 Å². The Hall–Kier alpha value is -1.48. The fourth-order valence-corrected chi connectivity index (χ4v) is 2.54. The van der Waals surface area contributed by atoms with E-state index in [4.69, 9.17) is 27.9 Å². The Bertz CT molecular complexity index is 576. The molecule has 0 heterocycles. The van der Waals surface area contributed by atoms with Crippen molar-refractivity contribution in [1.29, 1.82) is 0 Å². The minimum atomic E-state index is 0.439. The quantitative estimate of drug-likeness (QED) is 0.581. The molecular formula is C17H17Cl2NO. The second-order valence-electron chi connectivity index (χ2n) is 4.58. The first-order chi connectivity index (χ1) is 10.2. The molecule has 0 aliphatic carbocycles. The molecule has 21 heavy (non-hydrogen) atoms. The van der Waals surface area contributed by atoms with Gasteiger partial charge in [-0.15, -0.1) is 6.58 Å². The number of benzene rings is 2. The van der Waals surface area contributed by atoms with Gasteiger partial charge in [0.25, 0.3) is 0 Å². The van der Waals surface area contributed by atoms with E-state index >= 15 is 0 Å². The lowest BCUT2D eigenvalue weighted by molar-refractivity contribution is 0.306. The molecule has 0 aromatic heterocycles. The van der Waals surface area contributed by atoms with Crippen LogP contribution in [0.15, 0.2) is 55.1 Å². The highest BCUT2D eigenvalue weighted by molar-refractivity contribution is 6.37. The molecule has 2 aromatic rings. The Kier molecular flexibility index (Phi) is 6.12. The second kappa shape index (κ2) is 8.08. The maximum absolute atomic E-state index is 6.26. The van der Waals surface area contributed by atoms with E-state index in [1.165, 1.54) is 0 Å². The molecule has 0 aliphatic rings. The molecule has 2 rings (SSSR count). The van der Waals surface area contributed by atoms with Gasteiger partial charge in [0.2, 0.25) is 0 Å². The summed E-state index contributed by atoms with van der Waals surface area (Å²) in [5.41, 5.74) is 2.08. The van der Waals surface area contributed by atoms with E-state index in [9.17, 15) is 0 Å². The summed E-state index contributed by atoms with van der Waals surface area (Å²) in [5, 5.41) is 4.25. The molecule has 0 saturated heterocycles. The zero-order chi connectivity index (χ0) is 15.1. The summed E-state index contributed by atoms with van der Waals surface area (Å²) in [4.78, 5) is 0. The molecule has 0 aliphatic heterocycles. The maximum Gasteiger partial charge on any atom is 0.156 e. The van der Waals surface area contributed by atoms with Crippen LogP contribution < -0.4 is 10.1 Å². The van der Waals surface area contributed by atoms with E-state index in [-0.39, 0.29) is 0 Å². The van der Waals surface area contributed by atoms with Crippen molar-refractivity contribution in [3.05, 3.63) is 76.3 Å². The normalized spacial score (nSPS) is 10.4. The van der Waals surface area contributed by atoms with Crippen molar-refractivity contribution in [2.24, 2.45) is 0 Å².